The number of halogens is 3. The molecule has 0 spiro atoms. The second-order valence-corrected chi connectivity index (χ2v) is 2.49. The lowest BCUT2D eigenvalue weighted by atomic mass is 10.3. The summed E-state index contributed by atoms with van der Waals surface area (Å²) in [6.45, 7) is 1.88. The van der Waals surface area contributed by atoms with Crippen molar-refractivity contribution in [2.75, 3.05) is 0 Å². The van der Waals surface area contributed by atoms with E-state index < -0.39 is 0 Å². The molecule has 0 saturated heterocycles. The predicted molar refractivity (Wildman–Crippen MR) is 46.2 cm³/mol. The molecule has 0 saturated carbocycles. The number of hydrogen-bond acceptors (Lipinski definition) is 1. The summed E-state index contributed by atoms with van der Waals surface area (Å²) in [5.41, 5.74) is 0.945. The highest BCUT2D eigenvalue weighted by Gasteiger charge is 1.94. The van der Waals surface area contributed by atoms with E-state index in [1.807, 2.05) is 13.0 Å². The SMILES string of the molecule is Cc1ccc(Cl)nc1Cl.Cl. The average molecular weight is 198 g/mol. The number of rotatable bonds is 0. The Morgan fingerprint density at radius 2 is 1.90 bits per heavy atom. The molecule has 4 heteroatoms. The van der Waals surface area contributed by atoms with Crippen molar-refractivity contribution in [3.05, 3.63) is 28.0 Å². The van der Waals surface area contributed by atoms with Gasteiger partial charge in [0, 0.05) is 0 Å². The van der Waals surface area contributed by atoms with Gasteiger partial charge in [-0.15, -0.1) is 12.4 Å². The molecule has 0 aliphatic carbocycles. The lowest BCUT2D eigenvalue weighted by Crippen LogP contribution is -1.79. The molecule has 1 nitrogen and oxygen atoms in total. The second kappa shape index (κ2) is 4.02. The van der Waals surface area contributed by atoms with E-state index in [0.717, 1.165) is 5.56 Å². The highest BCUT2D eigenvalue weighted by Crippen LogP contribution is 2.14. The maximum absolute atomic E-state index is 5.62. The van der Waals surface area contributed by atoms with Gasteiger partial charge in [-0.25, -0.2) is 4.98 Å². The lowest BCUT2D eigenvalue weighted by molar-refractivity contribution is 1.27. The zero-order valence-corrected chi connectivity index (χ0v) is 7.59. The van der Waals surface area contributed by atoms with Gasteiger partial charge in [-0.3, -0.25) is 0 Å². The van der Waals surface area contributed by atoms with Gasteiger partial charge in [-0.2, -0.15) is 0 Å². The third-order valence-corrected chi connectivity index (χ3v) is 1.59. The van der Waals surface area contributed by atoms with Crippen LogP contribution in [0.2, 0.25) is 10.3 Å². The van der Waals surface area contributed by atoms with Crippen molar-refractivity contribution in [3.8, 4) is 0 Å². The molecule has 0 aliphatic heterocycles. The summed E-state index contributed by atoms with van der Waals surface area (Å²) in [5, 5.41) is 0.910. The van der Waals surface area contributed by atoms with Crippen molar-refractivity contribution in [2.24, 2.45) is 0 Å². The van der Waals surface area contributed by atoms with Crippen molar-refractivity contribution < 1.29 is 0 Å². The molecule has 0 aliphatic rings. The minimum absolute atomic E-state index is 0. The molecule has 1 rings (SSSR count). The Morgan fingerprint density at radius 3 is 2.30 bits per heavy atom. The normalized spacial score (nSPS) is 8.70. The van der Waals surface area contributed by atoms with Crippen molar-refractivity contribution >= 4 is 35.6 Å². The monoisotopic (exact) mass is 197 g/mol. The van der Waals surface area contributed by atoms with Gasteiger partial charge in [0.2, 0.25) is 0 Å². The summed E-state index contributed by atoms with van der Waals surface area (Å²) in [7, 11) is 0. The smallest absolute Gasteiger partial charge is 0.133 e. The molecule has 0 atom stereocenters. The number of hydrogen-bond donors (Lipinski definition) is 0. The molecule has 0 amide bonds. The molecule has 1 aromatic rings. The molecule has 56 valence electrons. The molecule has 0 aromatic carbocycles. The number of aromatic nitrogens is 1. The fourth-order valence-electron chi connectivity index (χ4n) is 0.482. The van der Waals surface area contributed by atoms with Crippen LogP contribution in [-0.2, 0) is 0 Å². The van der Waals surface area contributed by atoms with Crippen LogP contribution in [0.3, 0.4) is 0 Å². The van der Waals surface area contributed by atoms with E-state index in [2.05, 4.69) is 4.98 Å². The lowest BCUT2D eigenvalue weighted by Gasteiger charge is -1.93. The highest BCUT2D eigenvalue weighted by atomic mass is 35.5. The summed E-state index contributed by atoms with van der Waals surface area (Å²) in [4.78, 5) is 3.80. The Labute approximate surface area is 75.8 Å². The Kier molecular flexibility index (Phi) is 4.02. The highest BCUT2D eigenvalue weighted by molar-refractivity contribution is 6.32. The van der Waals surface area contributed by atoms with Gasteiger partial charge < -0.3 is 0 Å². The van der Waals surface area contributed by atoms with E-state index in [1.165, 1.54) is 0 Å². The molecular formula is C6H6Cl3N. The van der Waals surface area contributed by atoms with Crippen molar-refractivity contribution in [3.63, 3.8) is 0 Å². The van der Waals surface area contributed by atoms with E-state index >= 15 is 0 Å². The largest absolute Gasteiger partial charge is 0.224 e. The first kappa shape index (κ1) is 10.0. The number of aryl methyl sites for hydroxylation is 1. The van der Waals surface area contributed by atoms with Crippen LogP contribution in [0.15, 0.2) is 12.1 Å². The molecule has 0 bridgehead atoms. The van der Waals surface area contributed by atoms with Crippen LogP contribution >= 0.6 is 35.6 Å². The quantitative estimate of drug-likeness (QED) is 0.584. The second-order valence-electron chi connectivity index (χ2n) is 1.74. The summed E-state index contributed by atoms with van der Waals surface area (Å²) >= 11 is 11.1. The predicted octanol–water partition coefficient (Wildman–Crippen LogP) is 3.12. The number of nitrogens with zero attached hydrogens (tertiary/aromatic N) is 1. The topological polar surface area (TPSA) is 12.9 Å². The Hall–Kier alpha value is 0.0200. The molecule has 0 N–H and O–H groups in total. The van der Waals surface area contributed by atoms with Crippen molar-refractivity contribution in [1.82, 2.24) is 4.98 Å². The molecule has 0 unspecified atom stereocenters. The van der Waals surface area contributed by atoms with Crippen LogP contribution in [0, 0.1) is 6.92 Å². The molecular weight excluding hydrogens is 192 g/mol. The van der Waals surface area contributed by atoms with Gasteiger partial charge in [0.1, 0.15) is 10.3 Å². The van der Waals surface area contributed by atoms with E-state index in [-0.39, 0.29) is 12.4 Å². The summed E-state index contributed by atoms with van der Waals surface area (Å²) in [6, 6.07) is 3.54. The van der Waals surface area contributed by atoms with Gasteiger partial charge in [-0.05, 0) is 18.6 Å². The first-order chi connectivity index (χ1) is 4.20. The fraction of sp³-hybridized carbons (Fsp3) is 0.167. The van der Waals surface area contributed by atoms with E-state index in [0.29, 0.717) is 10.3 Å². The molecule has 1 heterocycles. The summed E-state index contributed by atoms with van der Waals surface area (Å²) < 4.78 is 0. The summed E-state index contributed by atoms with van der Waals surface area (Å²) in [5.74, 6) is 0. The van der Waals surface area contributed by atoms with Gasteiger partial charge in [0.05, 0.1) is 0 Å². The number of pyridine rings is 1. The van der Waals surface area contributed by atoms with Crippen molar-refractivity contribution in [2.45, 2.75) is 6.92 Å². The average Bonchev–Trinajstić information content (AvgIpc) is 1.80. The van der Waals surface area contributed by atoms with Crippen molar-refractivity contribution in [1.29, 1.82) is 0 Å². The first-order valence-corrected chi connectivity index (χ1v) is 3.24. The molecule has 1 aromatic heterocycles. The van der Waals surface area contributed by atoms with Crippen LogP contribution in [0.5, 0.6) is 0 Å². The summed E-state index contributed by atoms with van der Waals surface area (Å²) in [6.07, 6.45) is 0. The van der Waals surface area contributed by atoms with Gasteiger partial charge >= 0.3 is 0 Å². The van der Waals surface area contributed by atoms with E-state index in [9.17, 15) is 0 Å². The van der Waals surface area contributed by atoms with E-state index in [4.69, 9.17) is 23.2 Å². The Morgan fingerprint density at radius 1 is 1.30 bits per heavy atom. The maximum atomic E-state index is 5.62. The van der Waals surface area contributed by atoms with Gasteiger partial charge in [-0.1, -0.05) is 29.3 Å². The standard InChI is InChI=1S/C6H5Cl2N.ClH/c1-4-2-3-5(7)9-6(4)8;/h2-3H,1H3;1H. The molecule has 10 heavy (non-hydrogen) atoms. The molecule has 0 radical (unpaired) electrons. The maximum Gasteiger partial charge on any atom is 0.133 e. The molecule has 0 fully saturated rings. The third-order valence-electron chi connectivity index (χ3n) is 1.00. The van der Waals surface area contributed by atoms with Crippen LogP contribution in [0.25, 0.3) is 0 Å². The fourth-order valence-corrected chi connectivity index (χ4v) is 0.827. The van der Waals surface area contributed by atoms with Crippen LogP contribution in [0.1, 0.15) is 5.56 Å². The Bertz CT molecular complexity index is 224. The van der Waals surface area contributed by atoms with Crippen LogP contribution in [-0.4, -0.2) is 4.98 Å². The Balaban J connectivity index is 0.000000810. The van der Waals surface area contributed by atoms with Crippen LogP contribution < -0.4 is 0 Å². The van der Waals surface area contributed by atoms with Gasteiger partial charge in [0.15, 0.2) is 0 Å². The van der Waals surface area contributed by atoms with Gasteiger partial charge in [0.25, 0.3) is 0 Å². The third kappa shape index (κ3) is 2.33. The zero-order valence-electron chi connectivity index (χ0n) is 5.27. The zero-order chi connectivity index (χ0) is 6.85. The minimum atomic E-state index is 0. The first-order valence-electron chi connectivity index (χ1n) is 2.49. The minimum Gasteiger partial charge on any atom is -0.224 e. The van der Waals surface area contributed by atoms with Crippen LogP contribution in [0.4, 0.5) is 0 Å². The van der Waals surface area contributed by atoms with E-state index in [1.54, 1.807) is 6.07 Å².